The molecule has 0 aliphatic carbocycles. The lowest BCUT2D eigenvalue weighted by atomic mass is 9.87. The van der Waals surface area contributed by atoms with E-state index in [1.54, 1.807) is 91.0 Å². The molecule has 32 nitrogen and oxygen atoms in total. The molecule has 10 rings (SSSR count). The Labute approximate surface area is 783 Å². The van der Waals surface area contributed by atoms with Gasteiger partial charge in [-0.15, -0.1) is 0 Å². The van der Waals surface area contributed by atoms with Crippen LogP contribution < -0.4 is 65.2 Å². The second kappa shape index (κ2) is 52.6. The number of nitrogens with two attached hydrogens (primary N) is 3. The van der Waals surface area contributed by atoms with Crippen molar-refractivity contribution in [2.45, 2.75) is 165 Å². The Kier molecular flexibility index (Phi) is 41.3. The van der Waals surface area contributed by atoms with E-state index >= 15 is 0 Å². The predicted molar refractivity (Wildman–Crippen MR) is 527 cm³/mol. The molecule has 15 N–H and O–H groups in total. The molecule has 1 heterocycles. The summed E-state index contributed by atoms with van der Waals surface area (Å²) in [6, 6.07) is 63.7. The molecule has 6 atom stereocenters. The van der Waals surface area contributed by atoms with Crippen molar-refractivity contribution in [1.82, 2.24) is 0 Å². The van der Waals surface area contributed by atoms with E-state index in [4.69, 9.17) is 17.2 Å². The van der Waals surface area contributed by atoms with Gasteiger partial charge >= 0.3 is 5.97 Å². The number of aliphatic imine (C=N–C) groups is 2. The van der Waals surface area contributed by atoms with Gasteiger partial charge < -0.3 is 64.5 Å². The molecule has 135 heavy (non-hydrogen) atoms. The summed E-state index contributed by atoms with van der Waals surface area (Å²) in [5, 5.41) is 25.4. The molecule has 9 aromatic rings. The zero-order valence-corrected chi connectivity index (χ0v) is 77.5. The van der Waals surface area contributed by atoms with Gasteiger partial charge in [-0.3, -0.25) is 92.1 Å². The Bertz CT molecular complexity index is 5320. The number of amides is 8. The Morgan fingerprint density at radius 2 is 0.630 bits per heavy atom. The second-order valence-electron chi connectivity index (χ2n) is 33.0. The number of Topliss-reactive ketones (excluding diaryl/α,β-unsaturated/α-hetero) is 7. The van der Waals surface area contributed by atoms with Gasteiger partial charge in [-0.2, -0.15) is 5.10 Å². The van der Waals surface area contributed by atoms with Crippen molar-refractivity contribution in [2.75, 3.05) is 65.2 Å². The SMILES string of the molecule is C=C1CC(=O)O1.CC(=O)C(=NCc1ccc(NC(=O)C(C)CC(C)c2ccccc2)cc1)C(=O)Nc1cc(NC(=O)C(=NCc2ccc(NC(=O)C(C)CC(C)c3ccccc3)cc2)C(C)=O)cc(NC(=O)/C(=N\Nc2ccc(CC(=O)C(C)CC(C)c3ccccc3)cc2)C(C)=O)c1.CC(=O)CC(=O)Nc1cc(NC(=O)CC(C)=O)cc(NC(=O)CC(C)=O)c1.Nc1cc(N)cc(N)c1. The van der Waals surface area contributed by atoms with Crippen LogP contribution in [0.15, 0.2) is 246 Å². The zero-order valence-electron chi connectivity index (χ0n) is 77.5. The second-order valence-corrected chi connectivity index (χ2v) is 33.0. The summed E-state index contributed by atoms with van der Waals surface area (Å²) in [6.07, 6.45) is 1.64. The number of carbonyl (C=O) groups excluding carboxylic acids is 16. The molecule has 0 bridgehead atoms. The van der Waals surface area contributed by atoms with Crippen LogP contribution >= 0.6 is 0 Å². The smallest absolute Gasteiger partial charge is 0.318 e. The summed E-state index contributed by atoms with van der Waals surface area (Å²) in [7, 11) is 0. The standard InChI is InChI=1S/C75H81N9O9.C18H21N3O6.C6H9N3.C4H4O2/c1-46(58-19-13-10-14-20-58)37-49(4)67(88)40-55-25-35-63(36-26-55)83-84-70(54(9)87)75(93)82-66-42-64(80-73(91)68(52(7)85)76-44-56-27-31-61(32-28-56)78-71(89)50(5)38-47(2)59-21-15-11-16-22-59)41-65(43-66)81-74(92)69(53(8)86)77-45-57-29-33-62(34-30-57)79-72(90)51(6)39-48(3)60-23-17-12-18-24-60;1-10(22)4-16(25)19-13-7-14(20-17(26)5-11(2)23)9-15(8-13)21-18(27)6-12(3)24;7-4-1-5(8)3-6(9)2-4;1-3-2-4(5)6-3/h10-36,41-43,46-51,83H,37-40,44-45H2,1-9H3,(H,78,89)(H,79,90)(H,80,91)(H,81,92)(H,82,93);7-9H,4-6H2,1-3H3,(H,19,25)(H,20,26)(H,21,27);1-3H,7-9H2;1-2H2/b76-68?,77-69?,84-70-;;;. The van der Waals surface area contributed by atoms with Gasteiger partial charge in [0.15, 0.2) is 34.5 Å². The van der Waals surface area contributed by atoms with Crippen molar-refractivity contribution in [3.05, 3.63) is 264 Å². The quantitative estimate of drug-likeness (QED) is 0.00558. The number of esters is 1. The van der Waals surface area contributed by atoms with E-state index in [0.717, 1.165) is 23.6 Å². The minimum atomic E-state index is -0.982. The van der Waals surface area contributed by atoms with Crippen LogP contribution in [0.3, 0.4) is 0 Å². The molecule has 8 amide bonds. The monoisotopic (exact) mass is 1830 g/mol. The lowest BCUT2D eigenvalue weighted by Gasteiger charge is -2.17. The summed E-state index contributed by atoms with van der Waals surface area (Å²) < 4.78 is 4.31. The Morgan fingerprint density at radius 3 is 0.911 bits per heavy atom. The average molecular weight is 1840 g/mol. The van der Waals surface area contributed by atoms with E-state index in [2.05, 4.69) is 107 Å². The van der Waals surface area contributed by atoms with Crippen LogP contribution in [0.4, 0.5) is 68.2 Å². The number of nitrogens with zero attached hydrogens (tertiary/aromatic N) is 3. The van der Waals surface area contributed by atoms with Crippen molar-refractivity contribution in [3.63, 3.8) is 0 Å². The predicted octanol–water partition coefficient (Wildman–Crippen LogP) is 15.8. The third-order valence-electron chi connectivity index (χ3n) is 20.5. The molecular weight excluding hydrogens is 1720 g/mol. The van der Waals surface area contributed by atoms with Gasteiger partial charge in [0.05, 0.1) is 38.0 Å². The summed E-state index contributed by atoms with van der Waals surface area (Å²) in [5.74, 6) is -7.55. The van der Waals surface area contributed by atoms with Crippen molar-refractivity contribution in [1.29, 1.82) is 0 Å². The van der Waals surface area contributed by atoms with Crippen molar-refractivity contribution in [3.8, 4) is 0 Å². The Morgan fingerprint density at radius 1 is 0.348 bits per heavy atom. The lowest BCUT2D eigenvalue weighted by molar-refractivity contribution is -0.148. The third-order valence-corrected chi connectivity index (χ3v) is 20.5. The maximum atomic E-state index is 14.0. The lowest BCUT2D eigenvalue weighted by Crippen LogP contribution is -2.31. The number of carbonyl (C=O) groups is 16. The topological polar surface area (TPSA) is 506 Å². The van der Waals surface area contributed by atoms with Crippen LogP contribution in [0.25, 0.3) is 0 Å². The fraction of sp³-hybridized carbons (Fsp3) is 0.272. The molecule has 0 radical (unpaired) electrons. The first-order chi connectivity index (χ1) is 64.0. The molecule has 1 aliphatic rings. The summed E-state index contributed by atoms with van der Waals surface area (Å²) in [5.41, 5.74) is 26.8. The van der Waals surface area contributed by atoms with Gasteiger partial charge in [-0.05, 0) is 182 Å². The first-order valence-corrected chi connectivity index (χ1v) is 43.5. The Hall–Kier alpha value is -16.2. The molecule has 704 valence electrons. The zero-order chi connectivity index (χ0) is 99.1. The van der Waals surface area contributed by atoms with E-state index < -0.39 is 69.9 Å². The number of nitrogens with one attached hydrogen (secondary N) is 9. The summed E-state index contributed by atoms with van der Waals surface area (Å²) >= 11 is 0. The molecule has 32 heteroatoms. The number of hydrogen-bond acceptors (Lipinski definition) is 24. The molecule has 1 saturated heterocycles. The van der Waals surface area contributed by atoms with E-state index in [1.165, 1.54) is 76.6 Å². The average Bonchev–Trinajstić information content (AvgIpc) is 0.823. The largest absolute Gasteiger partial charge is 0.431 e. The van der Waals surface area contributed by atoms with Crippen LogP contribution in [0.2, 0.25) is 0 Å². The van der Waals surface area contributed by atoms with Gasteiger partial charge in [0.1, 0.15) is 35.3 Å². The highest BCUT2D eigenvalue weighted by molar-refractivity contribution is 6.68. The molecule has 0 spiro atoms. The Balaban J connectivity index is 0.000000480. The highest BCUT2D eigenvalue weighted by Gasteiger charge is 2.27. The van der Waals surface area contributed by atoms with Crippen LogP contribution in [0.1, 0.15) is 179 Å². The van der Waals surface area contributed by atoms with Gasteiger partial charge in [0.2, 0.25) is 29.5 Å². The number of nitrogen functional groups attached to an aromatic ring is 3. The maximum Gasteiger partial charge on any atom is 0.318 e. The van der Waals surface area contributed by atoms with Crippen LogP contribution in [0, 0.1) is 17.8 Å². The van der Waals surface area contributed by atoms with Crippen LogP contribution in [-0.2, 0) is 101 Å². The van der Waals surface area contributed by atoms with Gasteiger partial charge in [-0.1, -0.05) is 176 Å². The minimum absolute atomic E-state index is 0.0544. The van der Waals surface area contributed by atoms with Crippen molar-refractivity contribution >= 4 is 179 Å². The van der Waals surface area contributed by atoms with Crippen molar-refractivity contribution in [2.24, 2.45) is 32.8 Å². The maximum absolute atomic E-state index is 14.0. The highest BCUT2D eigenvalue weighted by Crippen LogP contribution is 2.31. The summed E-state index contributed by atoms with van der Waals surface area (Å²) in [4.78, 5) is 208. The fourth-order valence-electron chi connectivity index (χ4n) is 13.7. The van der Waals surface area contributed by atoms with Crippen LogP contribution in [-0.4, -0.2) is 111 Å². The first-order valence-electron chi connectivity index (χ1n) is 43.5. The first kappa shape index (κ1) is 106. The number of ketones is 7. The number of anilines is 12. The number of ether oxygens (including phenoxy) is 1. The number of hydrogen-bond donors (Lipinski definition) is 12. The molecule has 6 unspecified atom stereocenters. The molecule has 9 aromatic carbocycles. The highest BCUT2D eigenvalue weighted by atomic mass is 16.6. The minimum Gasteiger partial charge on any atom is -0.431 e. The summed E-state index contributed by atoms with van der Waals surface area (Å²) in [6.45, 7) is 22.4. The third kappa shape index (κ3) is 37.7. The van der Waals surface area contributed by atoms with Crippen LogP contribution in [0.5, 0.6) is 0 Å². The normalized spacial score (nSPS) is 12.8. The number of hydrazone groups is 1. The molecular formula is C103H115N15O17. The molecule has 1 fully saturated rings. The van der Waals surface area contributed by atoms with Gasteiger partial charge in [-0.25, -0.2) is 0 Å². The number of rotatable bonds is 40. The number of benzene rings is 9. The molecule has 0 saturated carbocycles. The van der Waals surface area contributed by atoms with E-state index in [1.807, 2.05) is 99.6 Å². The van der Waals surface area contributed by atoms with E-state index in [9.17, 15) is 76.7 Å². The fourth-order valence-corrected chi connectivity index (χ4v) is 13.7. The van der Waals surface area contributed by atoms with Crippen molar-refractivity contribution < 1.29 is 81.4 Å². The van der Waals surface area contributed by atoms with E-state index in [-0.39, 0.29) is 149 Å². The van der Waals surface area contributed by atoms with E-state index in [0.29, 0.717) is 76.7 Å². The van der Waals surface area contributed by atoms with Gasteiger partial charge in [0.25, 0.3) is 17.7 Å². The number of cyclic esters (lactones) is 1. The van der Waals surface area contributed by atoms with Gasteiger partial charge in [0, 0.05) is 108 Å². The molecule has 0 aromatic heterocycles. The molecule has 1 aliphatic heterocycles.